The molecule has 2 heterocycles. The van der Waals surface area contributed by atoms with Gasteiger partial charge in [0.05, 0.1) is 11.2 Å². The van der Waals surface area contributed by atoms with Gasteiger partial charge in [0.1, 0.15) is 11.2 Å². The number of aromatic nitrogens is 2. The van der Waals surface area contributed by atoms with Crippen molar-refractivity contribution in [2.45, 2.75) is 0 Å². The van der Waals surface area contributed by atoms with Crippen LogP contribution in [0, 0.1) is 0 Å². The van der Waals surface area contributed by atoms with E-state index in [0.717, 1.165) is 66.6 Å². The van der Waals surface area contributed by atoms with Gasteiger partial charge >= 0.3 is 0 Å². The molecule has 8 rings (SSSR count). The van der Waals surface area contributed by atoms with Crippen molar-refractivity contribution in [1.82, 2.24) is 9.97 Å². The molecular weight excluding hydrogens is 476 g/mol. The van der Waals surface area contributed by atoms with E-state index in [4.69, 9.17) is 14.4 Å². The fourth-order valence-electron chi connectivity index (χ4n) is 5.57. The number of para-hydroxylation sites is 1. The quantitative estimate of drug-likeness (QED) is 0.243. The molecule has 0 aliphatic carbocycles. The fraction of sp³-hybridized carbons (Fsp3) is 0. The lowest BCUT2D eigenvalue weighted by molar-refractivity contribution is 0.669. The number of fused-ring (bicyclic) bond motifs is 5. The maximum absolute atomic E-state index is 6.29. The molecule has 0 bridgehead atoms. The highest BCUT2D eigenvalue weighted by molar-refractivity contribution is 6.15. The van der Waals surface area contributed by atoms with Crippen LogP contribution in [0.1, 0.15) is 0 Å². The molecule has 182 valence electrons. The first-order valence-corrected chi connectivity index (χ1v) is 13.1. The second-order valence-corrected chi connectivity index (χ2v) is 9.83. The maximum atomic E-state index is 6.29. The Morgan fingerprint density at radius 3 is 2.03 bits per heavy atom. The normalized spacial score (nSPS) is 11.6. The Labute approximate surface area is 225 Å². The monoisotopic (exact) mass is 498 g/mol. The van der Waals surface area contributed by atoms with Crippen molar-refractivity contribution < 1.29 is 4.42 Å². The number of rotatable bonds is 3. The molecule has 0 saturated heterocycles. The minimum Gasteiger partial charge on any atom is -0.456 e. The van der Waals surface area contributed by atoms with Crippen LogP contribution in [-0.4, -0.2) is 9.97 Å². The number of furan rings is 1. The summed E-state index contributed by atoms with van der Waals surface area (Å²) in [5.41, 5.74) is 8.03. The average Bonchev–Trinajstić information content (AvgIpc) is 3.37. The van der Waals surface area contributed by atoms with Crippen LogP contribution in [0.4, 0.5) is 0 Å². The van der Waals surface area contributed by atoms with Crippen molar-refractivity contribution >= 4 is 43.6 Å². The van der Waals surface area contributed by atoms with Gasteiger partial charge in [0.25, 0.3) is 0 Å². The van der Waals surface area contributed by atoms with E-state index in [-0.39, 0.29) is 0 Å². The number of hydrogen-bond acceptors (Lipinski definition) is 3. The third-order valence-corrected chi connectivity index (χ3v) is 7.47. The highest BCUT2D eigenvalue weighted by atomic mass is 16.3. The third kappa shape index (κ3) is 3.59. The van der Waals surface area contributed by atoms with Crippen LogP contribution in [0.3, 0.4) is 0 Å². The summed E-state index contributed by atoms with van der Waals surface area (Å²) in [4.78, 5) is 9.95. The Kier molecular flexibility index (Phi) is 4.82. The van der Waals surface area contributed by atoms with Crippen molar-refractivity contribution in [3.05, 3.63) is 133 Å². The van der Waals surface area contributed by atoms with Gasteiger partial charge < -0.3 is 4.42 Å². The predicted octanol–water partition coefficient (Wildman–Crippen LogP) is 9.68. The Morgan fingerprint density at radius 2 is 1.18 bits per heavy atom. The van der Waals surface area contributed by atoms with Gasteiger partial charge in [0.2, 0.25) is 0 Å². The van der Waals surface area contributed by atoms with Crippen LogP contribution in [0.15, 0.2) is 138 Å². The van der Waals surface area contributed by atoms with Crippen LogP contribution in [0.2, 0.25) is 0 Å². The molecule has 39 heavy (non-hydrogen) atoms. The summed E-state index contributed by atoms with van der Waals surface area (Å²) in [6, 6.07) is 46.1. The largest absolute Gasteiger partial charge is 0.456 e. The maximum Gasteiger partial charge on any atom is 0.160 e. The fourth-order valence-corrected chi connectivity index (χ4v) is 5.57. The minimum absolute atomic E-state index is 0.720. The lowest BCUT2D eigenvalue weighted by atomic mass is 9.97. The highest BCUT2D eigenvalue weighted by Crippen LogP contribution is 2.39. The summed E-state index contributed by atoms with van der Waals surface area (Å²) in [5, 5.41) is 5.71. The van der Waals surface area contributed by atoms with E-state index in [0.29, 0.717) is 0 Å². The van der Waals surface area contributed by atoms with E-state index in [1.807, 2.05) is 36.4 Å². The second-order valence-electron chi connectivity index (χ2n) is 9.83. The smallest absolute Gasteiger partial charge is 0.160 e. The zero-order chi connectivity index (χ0) is 25.8. The third-order valence-electron chi connectivity index (χ3n) is 7.47. The first-order chi connectivity index (χ1) is 19.3. The van der Waals surface area contributed by atoms with Gasteiger partial charge in [0.15, 0.2) is 5.82 Å². The topological polar surface area (TPSA) is 38.9 Å². The van der Waals surface area contributed by atoms with Gasteiger partial charge in [-0.05, 0) is 46.2 Å². The molecule has 0 aliphatic rings. The molecule has 8 aromatic rings. The van der Waals surface area contributed by atoms with Crippen molar-refractivity contribution in [3.63, 3.8) is 0 Å². The van der Waals surface area contributed by atoms with Crippen LogP contribution in [-0.2, 0) is 0 Å². The van der Waals surface area contributed by atoms with Crippen molar-refractivity contribution in [3.8, 4) is 33.8 Å². The van der Waals surface area contributed by atoms with Gasteiger partial charge in [-0.1, -0.05) is 109 Å². The van der Waals surface area contributed by atoms with E-state index in [2.05, 4.69) is 97.1 Å². The Balaban J connectivity index is 1.27. The van der Waals surface area contributed by atoms with Crippen LogP contribution < -0.4 is 0 Å². The summed E-state index contributed by atoms with van der Waals surface area (Å²) >= 11 is 0. The summed E-state index contributed by atoms with van der Waals surface area (Å²) in [5.74, 6) is 0.720. The van der Waals surface area contributed by atoms with Crippen molar-refractivity contribution in [2.24, 2.45) is 0 Å². The molecule has 3 nitrogen and oxygen atoms in total. The first-order valence-electron chi connectivity index (χ1n) is 13.1. The molecule has 0 atom stereocenters. The molecule has 0 aliphatic heterocycles. The van der Waals surface area contributed by atoms with E-state index in [1.54, 1.807) is 0 Å². The van der Waals surface area contributed by atoms with E-state index in [9.17, 15) is 0 Å². The van der Waals surface area contributed by atoms with Gasteiger partial charge in [0, 0.05) is 27.3 Å². The van der Waals surface area contributed by atoms with E-state index in [1.165, 1.54) is 10.8 Å². The Morgan fingerprint density at radius 1 is 0.462 bits per heavy atom. The van der Waals surface area contributed by atoms with Crippen LogP contribution in [0.25, 0.3) is 77.4 Å². The SMILES string of the molecule is c1ccc(-c2nc(-c3ccc(-c4cccc5oc6cc7ccccc7cc6c45)cc3)nc3ccccc23)cc1. The van der Waals surface area contributed by atoms with Crippen molar-refractivity contribution in [1.29, 1.82) is 0 Å². The van der Waals surface area contributed by atoms with Crippen LogP contribution in [0.5, 0.6) is 0 Å². The zero-order valence-corrected chi connectivity index (χ0v) is 21.0. The summed E-state index contributed by atoms with van der Waals surface area (Å²) in [7, 11) is 0. The molecular formula is C36H22N2O. The number of nitrogens with zero attached hydrogens (tertiary/aromatic N) is 2. The molecule has 3 heteroatoms. The highest BCUT2D eigenvalue weighted by Gasteiger charge is 2.15. The van der Waals surface area contributed by atoms with Gasteiger partial charge in [-0.3, -0.25) is 0 Å². The first kappa shape index (κ1) is 21.8. The molecule has 0 N–H and O–H groups in total. The van der Waals surface area contributed by atoms with Gasteiger partial charge in [-0.2, -0.15) is 0 Å². The second kappa shape index (κ2) is 8.64. The number of hydrogen-bond donors (Lipinski definition) is 0. The van der Waals surface area contributed by atoms with E-state index < -0.39 is 0 Å². The average molecular weight is 499 g/mol. The molecule has 0 fully saturated rings. The van der Waals surface area contributed by atoms with Gasteiger partial charge in [-0.15, -0.1) is 0 Å². The zero-order valence-electron chi connectivity index (χ0n) is 21.0. The predicted molar refractivity (Wildman–Crippen MR) is 161 cm³/mol. The van der Waals surface area contributed by atoms with Crippen LogP contribution >= 0.6 is 0 Å². The Bertz CT molecular complexity index is 2160. The molecule has 0 spiro atoms. The van der Waals surface area contributed by atoms with Gasteiger partial charge in [-0.25, -0.2) is 9.97 Å². The Hall–Kier alpha value is -5.28. The van der Waals surface area contributed by atoms with Crippen molar-refractivity contribution in [2.75, 3.05) is 0 Å². The lowest BCUT2D eigenvalue weighted by Crippen LogP contribution is -1.95. The number of benzene rings is 6. The molecule has 0 amide bonds. The summed E-state index contributed by atoms with van der Waals surface area (Å²) in [6.45, 7) is 0. The molecule has 6 aromatic carbocycles. The summed E-state index contributed by atoms with van der Waals surface area (Å²) in [6.07, 6.45) is 0. The summed E-state index contributed by atoms with van der Waals surface area (Å²) < 4.78 is 6.29. The van der Waals surface area contributed by atoms with E-state index >= 15 is 0 Å². The standard InChI is InChI=1S/C36H22N2O/c1-2-9-24(10-3-1)35-29-13-6-7-15-31(29)37-36(38-35)25-19-17-23(18-20-25)28-14-8-16-32-34(28)30-21-26-11-4-5-12-27(26)22-33(30)39-32/h1-22H. The molecule has 0 saturated carbocycles. The molecule has 0 radical (unpaired) electrons. The molecule has 2 aromatic heterocycles. The minimum atomic E-state index is 0.720. The lowest BCUT2D eigenvalue weighted by Gasteiger charge is -2.10. The molecule has 0 unspecified atom stereocenters.